The van der Waals surface area contributed by atoms with E-state index in [0.29, 0.717) is 6.42 Å². The first-order valence-corrected chi connectivity index (χ1v) is 8.96. The van der Waals surface area contributed by atoms with Crippen LogP contribution in [-0.2, 0) is 11.2 Å². The van der Waals surface area contributed by atoms with Gasteiger partial charge in [-0.2, -0.15) is 0 Å². The summed E-state index contributed by atoms with van der Waals surface area (Å²) in [5.41, 5.74) is 2.01. The molecule has 0 saturated carbocycles. The van der Waals surface area contributed by atoms with E-state index >= 15 is 0 Å². The molecule has 2 aromatic heterocycles. The van der Waals surface area contributed by atoms with Crippen LogP contribution < -0.4 is 0 Å². The number of rotatable bonds is 4. The second-order valence-corrected chi connectivity index (χ2v) is 7.00. The Bertz CT molecular complexity index is 776. The Hall–Kier alpha value is -2.14. The number of fused-ring (bicyclic) bond motifs is 1. The highest BCUT2D eigenvalue weighted by Crippen LogP contribution is 2.32. The smallest absolute Gasteiger partial charge is 0.223 e. The van der Waals surface area contributed by atoms with Crippen molar-refractivity contribution in [2.45, 2.75) is 31.7 Å². The van der Waals surface area contributed by atoms with Crippen molar-refractivity contribution in [3.63, 3.8) is 0 Å². The number of nitrogens with one attached hydrogen (secondary N) is 1. The molecule has 0 spiro atoms. The van der Waals surface area contributed by atoms with Gasteiger partial charge in [-0.15, -0.1) is 11.3 Å². The van der Waals surface area contributed by atoms with Crippen LogP contribution in [0.25, 0.3) is 11.0 Å². The van der Waals surface area contributed by atoms with E-state index in [1.165, 1.54) is 4.88 Å². The number of imidazole rings is 1. The molecule has 0 bridgehead atoms. The third kappa shape index (κ3) is 2.88. The van der Waals surface area contributed by atoms with Crippen molar-refractivity contribution in [3.05, 3.63) is 52.5 Å². The zero-order chi connectivity index (χ0) is 15.6. The number of para-hydroxylation sites is 2. The molecule has 0 radical (unpaired) electrons. The van der Waals surface area contributed by atoms with Gasteiger partial charge in [0.2, 0.25) is 5.91 Å². The maximum Gasteiger partial charge on any atom is 0.223 e. The van der Waals surface area contributed by atoms with E-state index < -0.39 is 0 Å². The molecule has 0 aliphatic carbocycles. The molecule has 1 atom stereocenters. The molecule has 1 unspecified atom stereocenters. The van der Waals surface area contributed by atoms with Gasteiger partial charge in [-0.1, -0.05) is 18.2 Å². The summed E-state index contributed by atoms with van der Waals surface area (Å²) >= 11 is 1.72. The van der Waals surface area contributed by atoms with Crippen LogP contribution >= 0.6 is 11.3 Å². The first kappa shape index (κ1) is 14.5. The topological polar surface area (TPSA) is 49.0 Å². The number of likely N-dealkylation sites (tertiary alicyclic amines) is 1. The summed E-state index contributed by atoms with van der Waals surface area (Å²) in [5.74, 6) is 1.16. The average molecular weight is 325 g/mol. The number of carbonyl (C=O) groups excluding carboxylic acids is 1. The van der Waals surface area contributed by atoms with Crippen molar-refractivity contribution in [2.24, 2.45) is 0 Å². The molecule has 1 saturated heterocycles. The highest BCUT2D eigenvalue weighted by Gasteiger charge is 2.31. The van der Waals surface area contributed by atoms with Crippen LogP contribution in [-0.4, -0.2) is 27.3 Å². The van der Waals surface area contributed by atoms with Crippen LogP contribution in [0.4, 0.5) is 0 Å². The number of H-pyrrole nitrogens is 1. The standard InChI is InChI=1S/C18H19N3OS/c22-17(10-9-13-5-4-12-23-13)21-11-3-8-16(21)18-19-14-6-1-2-7-15(14)20-18/h1-2,4-7,12,16H,3,8-11H2,(H,19,20). The number of hydrogen-bond donors (Lipinski definition) is 1. The molecule has 4 nitrogen and oxygen atoms in total. The van der Waals surface area contributed by atoms with Gasteiger partial charge in [-0.3, -0.25) is 4.79 Å². The van der Waals surface area contributed by atoms with Gasteiger partial charge < -0.3 is 9.88 Å². The maximum absolute atomic E-state index is 12.6. The molecule has 23 heavy (non-hydrogen) atoms. The summed E-state index contributed by atoms with van der Waals surface area (Å²) < 4.78 is 0. The van der Waals surface area contributed by atoms with Gasteiger partial charge in [0.1, 0.15) is 5.82 Å². The highest BCUT2D eigenvalue weighted by atomic mass is 32.1. The molecule has 1 N–H and O–H groups in total. The van der Waals surface area contributed by atoms with E-state index in [1.54, 1.807) is 11.3 Å². The predicted molar refractivity (Wildman–Crippen MR) is 92.4 cm³/mol. The molecule has 1 aliphatic rings. The fourth-order valence-corrected chi connectivity index (χ4v) is 4.02. The number of nitrogens with zero attached hydrogens (tertiary/aromatic N) is 2. The minimum atomic E-state index is 0.0956. The monoisotopic (exact) mass is 325 g/mol. The van der Waals surface area contributed by atoms with Gasteiger partial charge in [-0.05, 0) is 42.8 Å². The molecule has 1 aliphatic heterocycles. The Morgan fingerprint density at radius 1 is 1.30 bits per heavy atom. The lowest BCUT2D eigenvalue weighted by Gasteiger charge is -2.23. The fraction of sp³-hybridized carbons (Fsp3) is 0.333. The molecular weight excluding hydrogens is 306 g/mol. The second kappa shape index (κ2) is 6.16. The van der Waals surface area contributed by atoms with Gasteiger partial charge in [-0.25, -0.2) is 4.98 Å². The first-order valence-electron chi connectivity index (χ1n) is 8.08. The Balaban J connectivity index is 1.50. The summed E-state index contributed by atoms with van der Waals surface area (Å²) in [4.78, 5) is 24.0. The summed E-state index contributed by atoms with van der Waals surface area (Å²) in [5, 5.41) is 2.06. The molecule has 3 aromatic rings. The number of aromatic nitrogens is 2. The zero-order valence-corrected chi connectivity index (χ0v) is 13.7. The lowest BCUT2D eigenvalue weighted by atomic mass is 10.2. The van der Waals surface area contributed by atoms with E-state index in [9.17, 15) is 4.79 Å². The molecule has 1 aromatic carbocycles. The fourth-order valence-electron chi connectivity index (χ4n) is 3.31. The highest BCUT2D eigenvalue weighted by molar-refractivity contribution is 7.09. The van der Waals surface area contributed by atoms with E-state index in [0.717, 1.165) is 42.7 Å². The summed E-state index contributed by atoms with van der Waals surface area (Å²) in [6.45, 7) is 0.838. The Labute approximate surface area is 139 Å². The van der Waals surface area contributed by atoms with Gasteiger partial charge >= 0.3 is 0 Å². The Morgan fingerprint density at radius 3 is 3.04 bits per heavy atom. The SMILES string of the molecule is O=C(CCc1cccs1)N1CCCC1c1nc2ccccc2[nH]1. The van der Waals surface area contributed by atoms with Crippen LogP contribution in [0.2, 0.25) is 0 Å². The molecule has 118 valence electrons. The van der Waals surface area contributed by atoms with Gasteiger partial charge in [0.05, 0.1) is 17.1 Å². The predicted octanol–water partition coefficient (Wildman–Crippen LogP) is 3.92. The van der Waals surface area contributed by atoms with Crippen LogP contribution in [0.15, 0.2) is 41.8 Å². The third-order valence-electron chi connectivity index (χ3n) is 4.46. The number of amides is 1. The van der Waals surface area contributed by atoms with Crippen molar-refractivity contribution < 1.29 is 4.79 Å². The third-order valence-corrected chi connectivity index (χ3v) is 5.40. The summed E-state index contributed by atoms with van der Waals surface area (Å²) in [7, 11) is 0. The maximum atomic E-state index is 12.6. The Kier molecular flexibility index (Phi) is 3.87. The number of aromatic amines is 1. The number of benzene rings is 1. The van der Waals surface area contributed by atoms with Crippen molar-refractivity contribution >= 4 is 28.3 Å². The number of thiophene rings is 1. The molecule has 5 heteroatoms. The quantitative estimate of drug-likeness (QED) is 0.790. The van der Waals surface area contributed by atoms with Crippen molar-refractivity contribution in [1.29, 1.82) is 0 Å². The van der Waals surface area contributed by atoms with E-state index in [2.05, 4.69) is 16.4 Å². The van der Waals surface area contributed by atoms with Gasteiger partial charge in [0, 0.05) is 17.8 Å². The minimum Gasteiger partial charge on any atom is -0.340 e. The van der Waals surface area contributed by atoms with Crippen molar-refractivity contribution in [1.82, 2.24) is 14.9 Å². The van der Waals surface area contributed by atoms with E-state index in [-0.39, 0.29) is 11.9 Å². The van der Waals surface area contributed by atoms with Gasteiger partial charge in [0.15, 0.2) is 0 Å². The second-order valence-electron chi connectivity index (χ2n) is 5.96. The number of aryl methyl sites for hydroxylation is 1. The minimum absolute atomic E-state index is 0.0956. The van der Waals surface area contributed by atoms with Crippen LogP contribution in [0.1, 0.15) is 36.0 Å². The number of carbonyl (C=O) groups is 1. The average Bonchev–Trinajstić information content (AvgIpc) is 3.31. The molecular formula is C18H19N3OS. The summed E-state index contributed by atoms with van der Waals surface area (Å²) in [6, 6.07) is 12.3. The van der Waals surface area contributed by atoms with Crippen LogP contribution in [0, 0.1) is 0 Å². The van der Waals surface area contributed by atoms with E-state index in [4.69, 9.17) is 4.98 Å². The van der Waals surface area contributed by atoms with E-state index in [1.807, 2.05) is 35.2 Å². The first-order chi connectivity index (χ1) is 11.3. The van der Waals surface area contributed by atoms with Crippen LogP contribution in [0.3, 0.4) is 0 Å². The Morgan fingerprint density at radius 2 is 2.22 bits per heavy atom. The normalized spacial score (nSPS) is 17.9. The molecule has 1 amide bonds. The largest absolute Gasteiger partial charge is 0.340 e. The lowest BCUT2D eigenvalue weighted by Crippen LogP contribution is -2.31. The molecule has 4 rings (SSSR count). The zero-order valence-electron chi connectivity index (χ0n) is 12.9. The van der Waals surface area contributed by atoms with Crippen molar-refractivity contribution in [2.75, 3.05) is 6.54 Å². The van der Waals surface area contributed by atoms with Gasteiger partial charge in [0.25, 0.3) is 0 Å². The lowest BCUT2D eigenvalue weighted by molar-refractivity contribution is -0.132. The number of hydrogen-bond acceptors (Lipinski definition) is 3. The summed E-state index contributed by atoms with van der Waals surface area (Å²) in [6.07, 6.45) is 3.45. The van der Waals surface area contributed by atoms with Crippen LogP contribution in [0.5, 0.6) is 0 Å². The molecule has 1 fully saturated rings. The molecule has 3 heterocycles. The van der Waals surface area contributed by atoms with Crippen molar-refractivity contribution in [3.8, 4) is 0 Å².